The van der Waals surface area contributed by atoms with Crippen molar-refractivity contribution in [3.63, 3.8) is 0 Å². The Morgan fingerprint density at radius 1 is 1.18 bits per heavy atom. The third kappa shape index (κ3) is 4.68. The summed E-state index contributed by atoms with van der Waals surface area (Å²) < 4.78 is 59.9. The van der Waals surface area contributed by atoms with Gasteiger partial charge in [0.15, 0.2) is 15.3 Å². The number of rotatable bonds is 5. The minimum atomic E-state index is -3.70. The molecule has 3 aromatic rings. The summed E-state index contributed by atoms with van der Waals surface area (Å²) >= 11 is 0. The van der Waals surface area contributed by atoms with E-state index in [0.717, 1.165) is 31.2 Å². The van der Waals surface area contributed by atoms with Gasteiger partial charge in [0.1, 0.15) is 11.6 Å². The lowest BCUT2D eigenvalue weighted by molar-refractivity contribution is 0.0639. The first-order chi connectivity index (χ1) is 15.7. The first kappa shape index (κ1) is 23.1. The number of hydrogen-bond donors (Lipinski definition) is 1. The number of nitrogens with one attached hydrogen (secondary N) is 1. The predicted molar refractivity (Wildman–Crippen MR) is 120 cm³/mol. The van der Waals surface area contributed by atoms with Crippen LogP contribution in [-0.2, 0) is 21.0 Å². The molecule has 0 bridgehead atoms. The molecule has 2 heterocycles. The second-order valence-electron chi connectivity index (χ2n) is 8.31. The number of sulfone groups is 1. The van der Waals surface area contributed by atoms with Crippen LogP contribution in [0.15, 0.2) is 40.0 Å². The van der Waals surface area contributed by atoms with Crippen molar-refractivity contribution in [1.29, 1.82) is 5.26 Å². The number of hydrogen-bond acceptors (Lipinski definition) is 5. The summed E-state index contributed by atoms with van der Waals surface area (Å²) in [5, 5.41) is 8.92. The van der Waals surface area contributed by atoms with E-state index >= 15 is 4.39 Å². The third-order valence-corrected chi connectivity index (χ3v) is 7.20. The largest absolute Gasteiger partial charge is 0.381 e. The minimum Gasteiger partial charge on any atom is -0.381 e. The summed E-state index contributed by atoms with van der Waals surface area (Å²) in [5.41, 5.74) is -0.594. The van der Waals surface area contributed by atoms with E-state index in [1.807, 2.05) is 6.07 Å². The van der Waals surface area contributed by atoms with E-state index in [0.29, 0.717) is 25.6 Å². The van der Waals surface area contributed by atoms with Gasteiger partial charge in [-0.05, 0) is 55.9 Å². The quantitative estimate of drug-likeness (QED) is 0.603. The summed E-state index contributed by atoms with van der Waals surface area (Å²) in [6, 6.07) is 8.01. The molecule has 1 fully saturated rings. The second kappa shape index (κ2) is 9.04. The lowest BCUT2D eigenvalue weighted by Gasteiger charge is -2.22. The van der Waals surface area contributed by atoms with Gasteiger partial charge in [-0.1, -0.05) is 0 Å². The maximum atomic E-state index is 15.2. The molecule has 33 heavy (non-hydrogen) atoms. The first-order valence-corrected chi connectivity index (χ1v) is 12.4. The molecule has 1 aliphatic heterocycles. The Kier molecular flexibility index (Phi) is 6.32. The van der Waals surface area contributed by atoms with Crippen LogP contribution in [-0.4, -0.2) is 32.9 Å². The van der Waals surface area contributed by atoms with Crippen LogP contribution in [0.1, 0.15) is 30.4 Å². The number of ether oxygens (including phenoxy) is 1. The van der Waals surface area contributed by atoms with E-state index in [1.54, 1.807) is 0 Å². The molecule has 4 rings (SSSR count). The number of nitriles is 1. The molecule has 1 saturated heterocycles. The van der Waals surface area contributed by atoms with Crippen molar-refractivity contribution in [2.24, 2.45) is 5.92 Å². The van der Waals surface area contributed by atoms with Crippen molar-refractivity contribution in [2.45, 2.75) is 30.6 Å². The summed E-state index contributed by atoms with van der Waals surface area (Å²) in [6.07, 6.45) is 3.44. The highest BCUT2D eigenvalue weighted by Crippen LogP contribution is 2.30. The Labute approximate surface area is 189 Å². The summed E-state index contributed by atoms with van der Waals surface area (Å²) in [4.78, 5) is 15.6. The van der Waals surface area contributed by atoms with Gasteiger partial charge in [-0.25, -0.2) is 17.2 Å². The van der Waals surface area contributed by atoms with Gasteiger partial charge in [-0.15, -0.1) is 0 Å². The van der Waals surface area contributed by atoms with Crippen LogP contribution in [0.2, 0.25) is 0 Å². The molecule has 6 nitrogen and oxygen atoms in total. The molecule has 0 saturated carbocycles. The Morgan fingerprint density at radius 3 is 2.58 bits per heavy atom. The van der Waals surface area contributed by atoms with Crippen molar-refractivity contribution in [3.8, 4) is 17.3 Å². The highest BCUT2D eigenvalue weighted by Gasteiger charge is 2.22. The molecular formula is C24H22F2N2O4S. The topological polar surface area (TPSA) is 100 Å². The number of pyridine rings is 1. The number of fused-ring (bicyclic) bond motifs is 1. The van der Waals surface area contributed by atoms with E-state index in [2.05, 4.69) is 4.98 Å². The van der Waals surface area contributed by atoms with Gasteiger partial charge in [0.2, 0.25) is 0 Å². The Balaban J connectivity index is 1.81. The normalized spacial score (nSPS) is 15.0. The van der Waals surface area contributed by atoms with Crippen LogP contribution < -0.4 is 5.43 Å². The van der Waals surface area contributed by atoms with E-state index < -0.39 is 26.9 Å². The number of benzene rings is 2. The van der Waals surface area contributed by atoms with Gasteiger partial charge in [-0.2, -0.15) is 5.26 Å². The summed E-state index contributed by atoms with van der Waals surface area (Å²) in [7, 11) is -3.70. The molecule has 1 N–H and O–H groups in total. The van der Waals surface area contributed by atoms with Gasteiger partial charge in [0.05, 0.1) is 33.1 Å². The second-order valence-corrected chi connectivity index (χ2v) is 10.3. The number of H-pyrrole nitrogens is 1. The maximum Gasteiger partial charge on any atom is 0.192 e. The average molecular weight is 473 g/mol. The van der Waals surface area contributed by atoms with Gasteiger partial charge in [0, 0.05) is 36.7 Å². The predicted octanol–water partition coefficient (Wildman–Crippen LogP) is 4.11. The zero-order valence-electron chi connectivity index (χ0n) is 18.0. The van der Waals surface area contributed by atoms with Crippen molar-refractivity contribution in [2.75, 3.05) is 19.5 Å². The fourth-order valence-corrected chi connectivity index (χ4v) is 5.16. The highest BCUT2D eigenvalue weighted by molar-refractivity contribution is 7.90. The summed E-state index contributed by atoms with van der Waals surface area (Å²) in [5.74, 6) is -1.36. The lowest BCUT2D eigenvalue weighted by Crippen LogP contribution is -2.17. The smallest absolute Gasteiger partial charge is 0.192 e. The molecule has 1 aliphatic rings. The molecule has 9 heteroatoms. The number of nitrogens with zero attached hydrogens (tertiary/aromatic N) is 1. The van der Waals surface area contributed by atoms with E-state index in [1.165, 1.54) is 18.2 Å². The Morgan fingerprint density at radius 2 is 1.91 bits per heavy atom. The van der Waals surface area contributed by atoms with Crippen molar-refractivity contribution in [3.05, 3.63) is 63.3 Å². The van der Waals surface area contributed by atoms with Gasteiger partial charge in [0.25, 0.3) is 0 Å². The summed E-state index contributed by atoms with van der Waals surface area (Å²) in [6.45, 7) is 1.27. The fourth-order valence-electron chi connectivity index (χ4n) is 4.28. The number of aromatic nitrogens is 1. The zero-order chi connectivity index (χ0) is 23.8. The van der Waals surface area contributed by atoms with Crippen molar-refractivity contribution in [1.82, 2.24) is 4.98 Å². The van der Waals surface area contributed by atoms with Crippen LogP contribution in [0.25, 0.3) is 22.2 Å². The Bertz CT molecular complexity index is 1440. The molecule has 0 unspecified atom stereocenters. The molecule has 0 radical (unpaired) electrons. The SMILES string of the molecule is CS(=O)(=O)c1ccc(C#N)cc1-c1cc(=O)c2c(F)c(CCC3CCOCC3)c(F)cc2[nH]1. The third-order valence-electron chi connectivity index (χ3n) is 6.05. The molecule has 172 valence electrons. The lowest BCUT2D eigenvalue weighted by atomic mass is 9.92. The molecule has 0 spiro atoms. The molecule has 0 amide bonds. The highest BCUT2D eigenvalue weighted by atomic mass is 32.2. The van der Waals surface area contributed by atoms with Crippen LogP contribution >= 0.6 is 0 Å². The van der Waals surface area contributed by atoms with E-state index in [-0.39, 0.29) is 44.6 Å². The molecular weight excluding hydrogens is 450 g/mol. The maximum absolute atomic E-state index is 15.2. The molecule has 0 atom stereocenters. The van der Waals surface area contributed by atoms with Crippen LogP contribution in [0.4, 0.5) is 8.78 Å². The van der Waals surface area contributed by atoms with Crippen LogP contribution in [0, 0.1) is 28.9 Å². The van der Waals surface area contributed by atoms with E-state index in [9.17, 15) is 22.9 Å². The van der Waals surface area contributed by atoms with Gasteiger partial charge in [-0.3, -0.25) is 4.79 Å². The van der Waals surface area contributed by atoms with Crippen molar-refractivity contribution >= 4 is 20.7 Å². The first-order valence-electron chi connectivity index (χ1n) is 10.5. The minimum absolute atomic E-state index is 0.0544. The molecule has 0 aliphatic carbocycles. The van der Waals surface area contributed by atoms with E-state index in [4.69, 9.17) is 4.74 Å². The molecule has 2 aromatic carbocycles. The van der Waals surface area contributed by atoms with Gasteiger partial charge >= 0.3 is 0 Å². The monoisotopic (exact) mass is 472 g/mol. The number of aromatic amines is 1. The van der Waals surface area contributed by atoms with Crippen LogP contribution in [0.5, 0.6) is 0 Å². The standard InChI is InChI=1S/C24H22F2N2O4S/c1-33(30,31)22-5-3-15(13-27)10-17(22)19-12-21(29)23-20(28-19)11-18(25)16(24(23)26)4-2-14-6-8-32-9-7-14/h3,5,10-12,14H,2,4,6-9H2,1H3,(H,28,29). The van der Waals surface area contributed by atoms with Crippen molar-refractivity contribution < 1.29 is 21.9 Å². The fraction of sp³-hybridized carbons (Fsp3) is 0.333. The average Bonchev–Trinajstić information content (AvgIpc) is 2.78. The zero-order valence-corrected chi connectivity index (χ0v) is 18.8. The molecule has 1 aromatic heterocycles. The Hall–Kier alpha value is -3.09. The number of halogens is 2. The van der Waals surface area contributed by atoms with Gasteiger partial charge < -0.3 is 9.72 Å². The van der Waals surface area contributed by atoms with Crippen LogP contribution in [0.3, 0.4) is 0 Å².